The third kappa shape index (κ3) is 4.59. The Morgan fingerprint density at radius 2 is 1.83 bits per heavy atom. The van der Waals surface area contributed by atoms with Crippen molar-refractivity contribution >= 4 is 5.91 Å². The first-order valence-corrected chi connectivity index (χ1v) is 8.06. The molecule has 0 fully saturated rings. The van der Waals surface area contributed by atoms with Crippen molar-refractivity contribution in [2.24, 2.45) is 0 Å². The number of ether oxygens (including phenoxy) is 1. The Labute approximate surface area is 138 Å². The van der Waals surface area contributed by atoms with Gasteiger partial charge < -0.3 is 10.1 Å². The van der Waals surface area contributed by atoms with Gasteiger partial charge in [0, 0.05) is 5.56 Å². The summed E-state index contributed by atoms with van der Waals surface area (Å²) in [6, 6.07) is 13.8. The first kappa shape index (κ1) is 17.1. The number of aryl methyl sites for hydroxylation is 2. The molecule has 3 nitrogen and oxygen atoms in total. The molecule has 1 N–H and O–H groups in total. The number of nitrogens with one attached hydrogen (secondary N) is 1. The molecule has 0 saturated heterocycles. The van der Waals surface area contributed by atoms with Crippen molar-refractivity contribution in [3.05, 3.63) is 64.7 Å². The Morgan fingerprint density at radius 3 is 2.52 bits per heavy atom. The average Bonchev–Trinajstić information content (AvgIpc) is 2.54. The summed E-state index contributed by atoms with van der Waals surface area (Å²) < 4.78 is 5.81. The molecule has 0 saturated carbocycles. The van der Waals surface area contributed by atoms with Crippen LogP contribution < -0.4 is 10.1 Å². The first-order valence-electron chi connectivity index (χ1n) is 8.06. The first-order chi connectivity index (χ1) is 11.0. The number of carbonyl (C=O) groups excluding carboxylic acids is 1. The molecule has 0 radical (unpaired) electrons. The van der Waals surface area contributed by atoms with Crippen LogP contribution in [0.25, 0.3) is 0 Å². The van der Waals surface area contributed by atoms with Gasteiger partial charge in [-0.25, -0.2) is 0 Å². The maximum Gasteiger partial charge on any atom is 0.251 e. The second-order valence-electron chi connectivity index (χ2n) is 6.10. The van der Waals surface area contributed by atoms with Gasteiger partial charge in [-0.05, 0) is 54.7 Å². The molecule has 2 aromatic rings. The van der Waals surface area contributed by atoms with Gasteiger partial charge in [0.1, 0.15) is 12.4 Å². The van der Waals surface area contributed by atoms with Crippen LogP contribution in [-0.2, 0) is 0 Å². The van der Waals surface area contributed by atoms with Crippen molar-refractivity contribution in [1.29, 1.82) is 0 Å². The summed E-state index contributed by atoms with van der Waals surface area (Å²) in [5, 5.41) is 2.90. The van der Waals surface area contributed by atoms with Crippen molar-refractivity contribution in [3.63, 3.8) is 0 Å². The molecule has 122 valence electrons. The van der Waals surface area contributed by atoms with E-state index < -0.39 is 0 Å². The summed E-state index contributed by atoms with van der Waals surface area (Å²) in [5.41, 5.74) is 4.19. The highest BCUT2D eigenvalue weighted by Gasteiger charge is 2.08. The van der Waals surface area contributed by atoms with Gasteiger partial charge in [-0.15, -0.1) is 0 Å². The minimum absolute atomic E-state index is 0.0613. The highest BCUT2D eigenvalue weighted by molar-refractivity contribution is 5.94. The Balaban J connectivity index is 1.86. The predicted octanol–water partition coefficient (Wildman–Crippen LogP) is 4.24. The van der Waals surface area contributed by atoms with E-state index in [4.69, 9.17) is 4.74 Å². The maximum absolute atomic E-state index is 12.1. The molecule has 0 heterocycles. The number of para-hydroxylation sites is 1. The molecule has 0 aliphatic rings. The number of benzene rings is 2. The molecule has 3 heteroatoms. The van der Waals surface area contributed by atoms with E-state index in [-0.39, 0.29) is 5.91 Å². The Morgan fingerprint density at radius 1 is 1.09 bits per heavy atom. The van der Waals surface area contributed by atoms with Gasteiger partial charge in [0.25, 0.3) is 5.91 Å². The molecular formula is C20H25NO2. The molecule has 0 aliphatic carbocycles. The Hall–Kier alpha value is -2.29. The van der Waals surface area contributed by atoms with E-state index in [0.29, 0.717) is 24.6 Å². The summed E-state index contributed by atoms with van der Waals surface area (Å²) in [5.74, 6) is 1.24. The lowest BCUT2D eigenvalue weighted by Gasteiger charge is -2.14. The van der Waals surface area contributed by atoms with Crippen LogP contribution in [-0.4, -0.2) is 19.1 Å². The molecule has 0 atom stereocenters. The second kappa shape index (κ2) is 7.82. The van der Waals surface area contributed by atoms with E-state index in [1.54, 1.807) is 0 Å². The zero-order chi connectivity index (χ0) is 16.8. The van der Waals surface area contributed by atoms with E-state index in [9.17, 15) is 4.79 Å². The molecule has 0 spiro atoms. The number of carbonyl (C=O) groups is 1. The fraction of sp³-hybridized carbons (Fsp3) is 0.350. The number of hydrogen-bond donors (Lipinski definition) is 1. The lowest BCUT2D eigenvalue weighted by Crippen LogP contribution is -2.28. The third-order valence-electron chi connectivity index (χ3n) is 3.96. The summed E-state index contributed by atoms with van der Waals surface area (Å²) in [6.45, 7) is 9.28. The molecule has 2 aromatic carbocycles. The molecule has 23 heavy (non-hydrogen) atoms. The van der Waals surface area contributed by atoms with E-state index in [2.05, 4.69) is 25.2 Å². The minimum Gasteiger partial charge on any atom is -0.491 e. The Bertz CT molecular complexity index is 677. The number of amides is 1. The molecule has 0 bridgehead atoms. The lowest BCUT2D eigenvalue weighted by atomic mass is 10.0. The molecular weight excluding hydrogens is 286 g/mol. The van der Waals surface area contributed by atoms with E-state index in [1.807, 2.05) is 50.2 Å². The summed E-state index contributed by atoms with van der Waals surface area (Å²) in [7, 11) is 0. The smallest absolute Gasteiger partial charge is 0.251 e. The molecule has 0 unspecified atom stereocenters. The van der Waals surface area contributed by atoms with Crippen molar-refractivity contribution < 1.29 is 9.53 Å². The van der Waals surface area contributed by atoms with E-state index in [0.717, 1.165) is 11.3 Å². The SMILES string of the molecule is Cc1ccc(C(=O)NCCOc2ccccc2C(C)C)cc1C. The zero-order valence-electron chi connectivity index (χ0n) is 14.3. The van der Waals surface area contributed by atoms with Crippen LogP contribution in [0.15, 0.2) is 42.5 Å². The minimum atomic E-state index is -0.0613. The molecule has 2 rings (SSSR count). The largest absolute Gasteiger partial charge is 0.491 e. The van der Waals surface area contributed by atoms with Crippen LogP contribution in [0.4, 0.5) is 0 Å². The summed E-state index contributed by atoms with van der Waals surface area (Å²) in [4.78, 5) is 12.1. The van der Waals surface area contributed by atoms with Crippen LogP contribution in [0.1, 0.15) is 46.8 Å². The predicted molar refractivity (Wildman–Crippen MR) is 94.3 cm³/mol. The van der Waals surface area contributed by atoms with Gasteiger partial charge in [0.15, 0.2) is 0 Å². The average molecular weight is 311 g/mol. The van der Waals surface area contributed by atoms with E-state index >= 15 is 0 Å². The second-order valence-corrected chi connectivity index (χ2v) is 6.10. The summed E-state index contributed by atoms with van der Waals surface area (Å²) >= 11 is 0. The van der Waals surface area contributed by atoms with Crippen LogP contribution in [0.3, 0.4) is 0 Å². The normalized spacial score (nSPS) is 10.7. The number of hydrogen-bond acceptors (Lipinski definition) is 2. The van der Waals surface area contributed by atoms with Crippen LogP contribution in [0.2, 0.25) is 0 Å². The van der Waals surface area contributed by atoms with Gasteiger partial charge in [-0.3, -0.25) is 4.79 Å². The Kier molecular flexibility index (Phi) is 5.80. The standard InChI is InChI=1S/C20H25NO2/c1-14(2)18-7-5-6-8-19(18)23-12-11-21-20(22)17-10-9-15(3)16(4)13-17/h5-10,13-14H,11-12H2,1-4H3,(H,21,22). The highest BCUT2D eigenvalue weighted by atomic mass is 16.5. The highest BCUT2D eigenvalue weighted by Crippen LogP contribution is 2.25. The van der Waals surface area contributed by atoms with Crippen molar-refractivity contribution in [3.8, 4) is 5.75 Å². The van der Waals surface area contributed by atoms with Gasteiger partial charge in [0.05, 0.1) is 6.54 Å². The van der Waals surface area contributed by atoms with E-state index in [1.165, 1.54) is 11.1 Å². The van der Waals surface area contributed by atoms with Gasteiger partial charge >= 0.3 is 0 Å². The van der Waals surface area contributed by atoms with Crippen LogP contribution in [0, 0.1) is 13.8 Å². The van der Waals surface area contributed by atoms with Crippen molar-refractivity contribution in [2.75, 3.05) is 13.2 Å². The fourth-order valence-electron chi connectivity index (χ4n) is 2.40. The van der Waals surface area contributed by atoms with Crippen LogP contribution >= 0.6 is 0 Å². The quantitative estimate of drug-likeness (QED) is 0.811. The fourth-order valence-corrected chi connectivity index (χ4v) is 2.40. The van der Waals surface area contributed by atoms with Crippen LogP contribution in [0.5, 0.6) is 5.75 Å². The summed E-state index contributed by atoms with van der Waals surface area (Å²) in [6.07, 6.45) is 0. The topological polar surface area (TPSA) is 38.3 Å². The molecule has 0 aromatic heterocycles. The van der Waals surface area contributed by atoms with Crippen molar-refractivity contribution in [1.82, 2.24) is 5.32 Å². The monoisotopic (exact) mass is 311 g/mol. The third-order valence-corrected chi connectivity index (χ3v) is 3.96. The number of rotatable bonds is 6. The van der Waals surface area contributed by atoms with Crippen molar-refractivity contribution in [2.45, 2.75) is 33.6 Å². The van der Waals surface area contributed by atoms with Gasteiger partial charge in [0.2, 0.25) is 0 Å². The molecule has 0 aliphatic heterocycles. The zero-order valence-corrected chi connectivity index (χ0v) is 14.3. The van der Waals surface area contributed by atoms with Gasteiger partial charge in [-0.2, -0.15) is 0 Å². The lowest BCUT2D eigenvalue weighted by molar-refractivity contribution is 0.0947. The maximum atomic E-state index is 12.1. The molecule has 1 amide bonds. The van der Waals surface area contributed by atoms with Gasteiger partial charge in [-0.1, -0.05) is 38.1 Å².